The Hall–Kier alpha value is -0.0800. The normalized spacial score (nSPS) is 36.8. The summed E-state index contributed by atoms with van der Waals surface area (Å²) in [5, 5.41) is 0. The quantitative estimate of drug-likeness (QED) is 0.534. The SMILES string of the molecule is NCCC1CCC1N. The molecule has 0 spiro atoms. The van der Waals surface area contributed by atoms with Crippen LogP contribution >= 0.6 is 0 Å². The first kappa shape index (κ1) is 6.05. The average Bonchev–Trinajstić information content (AvgIpc) is 1.79. The molecule has 0 aliphatic heterocycles. The Labute approximate surface area is 50.2 Å². The maximum absolute atomic E-state index is 5.65. The molecule has 0 heterocycles. The van der Waals surface area contributed by atoms with Crippen LogP contribution in [-0.4, -0.2) is 12.6 Å². The van der Waals surface area contributed by atoms with Gasteiger partial charge in [0.25, 0.3) is 0 Å². The van der Waals surface area contributed by atoms with E-state index in [0.717, 1.165) is 18.9 Å². The molecule has 1 fully saturated rings. The molecule has 0 bridgehead atoms. The van der Waals surface area contributed by atoms with E-state index in [0.29, 0.717) is 6.04 Å². The van der Waals surface area contributed by atoms with Crippen molar-refractivity contribution in [3.63, 3.8) is 0 Å². The Kier molecular flexibility index (Phi) is 1.86. The second-order valence-corrected chi connectivity index (χ2v) is 2.58. The molecule has 0 aromatic carbocycles. The van der Waals surface area contributed by atoms with Gasteiger partial charge in [0, 0.05) is 6.04 Å². The van der Waals surface area contributed by atoms with Crippen molar-refractivity contribution in [2.75, 3.05) is 6.54 Å². The van der Waals surface area contributed by atoms with E-state index in [1.807, 2.05) is 0 Å². The molecular formula is C6H14N2. The molecule has 1 aliphatic carbocycles. The number of nitrogens with two attached hydrogens (primary N) is 2. The van der Waals surface area contributed by atoms with E-state index in [-0.39, 0.29) is 0 Å². The third-order valence-corrected chi connectivity index (χ3v) is 2.01. The predicted molar refractivity (Wildman–Crippen MR) is 34.4 cm³/mol. The summed E-state index contributed by atoms with van der Waals surface area (Å²) in [4.78, 5) is 0. The Bertz CT molecular complexity index is 72.9. The van der Waals surface area contributed by atoms with Crippen LogP contribution in [0.1, 0.15) is 19.3 Å². The summed E-state index contributed by atoms with van der Waals surface area (Å²) in [6.45, 7) is 0.804. The van der Waals surface area contributed by atoms with Gasteiger partial charge in [-0.15, -0.1) is 0 Å². The van der Waals surface area contributed by atoms with Crippen molar-refractivity contribution in [3.05, 3.63) is 0 Å². The Morgan fingerprint density at radius 3 is 2.25 bits per heavy atom. The Morgan fingerprint density at radius 2 is 2.12 bits per heavy atom. The molecule has 0 radical (unpaired) electrons. The first-order chi connectivity index (χ1) is 3.84. The van der Waals surface area contributed by atoms with Crippen LogP contribution in [0, 0.1) is 5.92 Å². The van der Waals surface area contributed by atoms with E-state index in [4.69, 9.17) is 11.5 Å². The van der Waals surface area contributed by atoms with Gasteiger partial charge >= 0.3 is 0 Å². The molecule has 1 rings (SSSR count). The van der Waals surface area contributed by atoms with Crippen molar-refractivity contribution in [2.45, 2.75) is 25.3 Å². The molecule has 1 saturated carbocycles. The maximum atomic E-state index is 5.65. The van der Waals surface area contributed by atoms with E-state index < -0.39 is 0 Å². The van der Waals surface area contributed by atoms with Gasteiger partial charge in [-0.3, -0.25) is 0 Å². The van der Waals surface area contributed by atoms with Crippen molar-refractivity contribution in [1.82, 2.24) is 0 Å². The molecule has 0 aromatic heterocycles. The third kappa shape index (κ3) is 1.01. The minimum atomic E-state index is 0.471. The third-order valence-electron chi connectivity index (χ3n) is 2.01. The predicted octanol–water partition coefficient (Wildman–Crippen LogP) is 0.0725. The first-order valence-corrected chi connectivity index (χ1v) is 3.30. The maximum Gasteiger partial charge on any atom is 0.00677 e. The zero-order chi connectivity index (χ0) is 5.98. The highest BCUT2D eigenvalue weighted by molar-refractivity contribution is 4.83. The number of hydrogen-bond donors (Lipinski definition) is 2. The fourth-order valence-corrected chi connectivity index (χ4v) is 1.17. The second-order valence-electron chi connectivity index (χ2n) is 2.58. The lowest BCUT2D eigenvalue weighted by Gasteiger charge is -2.33. The minimum absolute atomic E-state index is 0.471. The van der Waals surface area contributed by atoms with Gasteiger partial charge < -0.3 is 11.5 Å². The lowest BCUT2D eigenvalue weighted by molar-refractivity contribution is 0.245. The molecule has 0 aromatic rings. The van der Waals surface area contributed by atoms with Crippen molar-refractivity contribution in [2.24, 2.45) is 17.4 Å². The molecule has 8 heavy (non-hydrogen) atoms. The van der Waals surface area contributed by atoms with Gasteiger partial charge in [0.1, 0.15) is 0 Å². The highest BCUT2D eigenvalue weighted by atomic mass is 14.7. The van der Waals surface area contributed by atoms with Gasteiger partial charge in [-0.1, -0.05) is 0 Å². The lowest BCUT2D eigenvalue weighted by Crippen LogP contribution is -2.40. The van der Waals surface area contributed by atoms with Crippen molar-refractivity contribution >= 4 is 0 Å². The van der Waals surface area contributed by atoms with E-state index in [1.165, 1.54) is 12.8 Å². The first-order valence-electron chi connectivity index (χ1n) is 3.30. The summed E-state index contributed by atoms with van der Waals surface area (Å²) < 4.78 is 0. The molecule has 1 aliphatic rings. The summed E-state index contributed by atoms with van der Waals surface area (Å²) in [6.07, 6.45) is 3.64. The van der Waals surface area contributed by atoms with Gasteiger partial charge in [0.2, 0.25) is 0 Å². The van der Waals surface area contributed by atoms with Crippen LogP contribution in [0.3, 0.4) is 0 Å². The van der Waals surface area contributed by atoms with Crippen LogP contribution in [0.15, 0.2) is 0 Å². The smallest absolute Gasteiger partial charge is 0.00677 e. The van der Waals surface area contributed by atoms with Crippen molar-refractivity contribution in [3.8, 4) is 0 Å². The monoisotopic (exact) mass is 114 g/mol. The second kappa shape index (κ2) is 2.46. The average molecular weight is 114 g/mol. The van der Waals surface area contributed by atoms with Crippen LogP contribution in [0.4, 0.5) is 0 Å². The molecule has 2 atom stereocenters. The summed E-state index contributed by atoms with van der Waals surface area (Å²) in [7, 11) is 0. The molecule has 4 N–H and O–H groups in total. The fourth-order valence-electron chi connectivity index (χ4n) is 1.17. The van der Waals surface area contributed by atoms with Crippen LogP contribution in [0.2, 0.25) is 0 Å². The summed E-state index contributed by atoms with van der Waals surface area (Å²) >= 11 is 0. The Morgan fingerprint density at radius 1 is 1.38 bits per heavy atom. The van der Waals surface area contributed by atoms with Gasteiger partial charge in [-0.05, 0) is 31.7 Å². The molecule has 48 valence electrons. The van der Waals surface area contributed by atoms with Gasteiger partial charge in [-0.2, -0.15) is 0 Å². The van der Waals surface area contributed by atoms with E-state index in [1.54, 1.807) is 0 Å². The summed E-state index contributed by atoms with van der Waals surface area (Å²) in [5.74, 6) is 0.750. The number of hydrogen-bond acceptors (Lipinski definition) is 2. The summed E-state index contributed by atoms with van der Waals surface area (Å²) in [5.41, 5.74) is 11.0. The van der Waals surface area contributed by atoms with E-state index >= 15 is 0 Å². The molecular weight excluding hydrogens is 100 g/mol. The summed E-state index contributed by atoms with van der Waals surface area (Å²) in [6, 6.07) is 0.471. The molecule has 2 heteroatoms. The zero-order valence-corrected chi connectivity index (χ0v) is 5.14. The van der Waals surface area contributed by atoms with Crippen LogP contribution in [-0.2, 0) is 0 Å². The Balaban J connectivity index is 2.08. The van der Waals surface area contributed by atoms with E-state index in [2.05, 4.69) is 0 Å². The highest BCUT2D eigenvalue weighted by Crippen LogP contribution is 2.27. The van der Waals surface area contributed by atoms with Crippen LogP contribution in [0.5, 0.6) is 0 Å². The van der Waals surface area contributed by atoms with Gasteiger partial charge in [0.05, 0.1) is 0 Å². The van der Waals surface area contributed by atoms with Gasteiger partial charge in [-0.25, -0.2) is 0 Å². The van der Waals surface area contributed by atoms with E-state index in [9.17, 15) is 0 Å². The lowest BCUT2D eigenvalue weighted by atomic mass is 9.78. The zero-order valence-electron chi connectivity index (χ0n) is 5.14. The molecule has 0 amide bonds. The van der Waals surface area contributed by atoms with Crippen molar-refractivity contribution in [1.29, 1.82) is 0 Å². The number of rotatable bonds is 2. The standard InChI is InChI=1S/C6H14N2/c7-4-3-5-1-2-6(5)8/h5-6H,1-4,7-8H2. The molecule has 2 unspecified atom stereocenters. The highest BCUT2D eigenvalue weighted by Gasteiger charge is 2.25. The van der Waals surface area contributed by atoms with Gasteiger partial charge in [0.15, 0.2) is 0 Å². The minimum Gasteiger partial charge on any atom is -0.330 e. The molecule has 2 nitrogen and oxygen atoms in total. The fraction of sp³-hybridized carbons (Fsp3) is 1.00. The van der Waals surface area contributed by atoms with Crippen LogP contribution < -0.4 is 11.5 Å². The largest absolute Gasteiger partial charge is 0.330 e. The topological polar surface area (TPSA) is 52.0 Å². The molecule has 0 saturated heterocycles. The van der Waals surface area contributed by atoms with Crippen LogP contribution in [0.25, 0.3) is 0 Å². The van der Waals surface area contributed by atoms with Crippen molar-refractivity contribution < 1.29 is 0 Å².